The topological polar surface area (TPSA) is 81.2 Å². The molecule has 0 N–H and O–H groups in total. The van der Waals surface area contributed by atoms with Crippen LogP contribution < -0.4 is 0 Å². The third kappa shape index (κ3) is 4.16. The van der Waals surface area contributed by atoms with E-state index in [-0.39, 0.29) is 23.6 Å². The summed E-state index contributed by atoms with van der Waals surface area (Å²) in [6.45, 7) is 3.34. The molecule has 8 nitrogen and oxygen atoms in total. The molecular formula is C24H28N4O4. The molecular weight excluding hydrogens is 408 g/mol. The Labute approximate surface area is 187 Å². The van der Waals surface area contributed by atoms with Crippen molar-refractivity contribution >= 4 is 23.6 Å². The van der Waals surface area contributed by atoms with Gasteiger partial charge in [-0.05, 0) is 39.1 Å². The van der Waals surface area contributed by atoms with Gasteiger partial charge in [-0.1, -0.05) is 24.3 Å². The molecule has 0 unspecified atom stereocenters. The van der Waals surface area contributed by atoms with Gasteiger partial charge >= 0.3 is 0 Å². The van der Waals surface area contributed by atoms with E-state index in [0.717, 1.165) is 25.9 Å². The molecule has 168 valence electrons. The van der Waals surface area contributed by atoms with Crippen LogP contribution in [0.4, 0.5) is 0 Å². The van der Waals surface area contributed by atoms with Crippen molar-refractivity contribution in [1.82, 2.24) is 19.6 Å². The monoisotopic (exact) mass is 436 g/mol. The van der Waals surface area contributed by atoms with Crippen molar-refractivity contribution in [3.63, 3.8) is 0 Å². The largest absolute Gasteiger partial charge is 0.303 e. The predicted octanol–water partition coefficient (Wildman–Crippen LogP) is 1.16. The number of likely N-dealkylation sites (N-methyl/N-ethyl adjacent to an activating group) is 2. The minimum Gasteiger partial charge on any atom is -0.303 e. The van der Waals surface area contributed by atoms with Crippen LogP contribution in [0.3, 0.4) is 0 Å². The van der Waals surface area contributed by atoms with Crippen LogP contribution in [-0.2, 0) is 9.59 Å². The molecule has 1 aromatic carbocycles. The molecule has 0 aromatic heterocycles. The third-order valence-corrected chi connectivity index (χ3v) is 6.26. The number of fused-ring (bicyclic) bond motifs is 2. The maximum Gasteiger partial charge on any atom is 0.261 e. The van der Waals surface area contributed by atoms with Crippen molar-refractivity contribution in [2.24, 2.45) is 0 Å². The lowest BCUT2D eigenvalue weighted by Gasteiger charge is -2.24. The van der Waals surface area contributed by atoms with Crippen LogP contribution in [0, 0.1) is 0 Å². The Kier molecular flexibility index (Phi) is 6.34. The average molecular weight is 437 g/mol. The number of hydrogen-bond acceptors (Lipinski definition) is 6. The maximum atomic E-state index is 12.5. The highest BCUT2D eigenvalue weighted by molar-refractivity contribution is 6.24. The minimum atomic E-state index is -0.234. The lowest BCUT2D eigenvalue weighted by molar-refractivity contribution is -0.136. The predicted molar refractivity (Wildman–Crippen MR) is 119 cm³/mol. The van der Waals surface area contributed by atoms with E-state index in [9.17, 15) is 19.2 Å². The highest BCUT2D eigenvalue weighted by Gasteiger charge is 2.39. The first-order chi connectivity index (χ1) is 15.4. The summed E-state index contributed by atoms with van der Waals surface area (Å²) in [5.41, 5.74) is 2.04. The molecule has 32 heavy (non-hydrogen) atoms. The van der Waals surface area contributed by atoms with Gasteiger partial charge in [0.15, 0.2) is 0 Å². The summed E-state index contributed by atoms with van der Waals surface area (Å²) < 4.78 is 0. The summed E-state index contributed by atoms with van der Waals surface area (Å²) in [4.78, 5) is 56.7. The van der Waals surface area contributed by atoms with E-state index in [4.69, 9.17) is 0 Å². The molecule has 2 aliphatic heterocycles. The second-order valence-corrected chi connectivity index (χ2v) is 8.49. The number of hydrogen-bond donors (Lipinski definition) is 0. The summed E-state index contributed by atoms with van der Waals surface area (Å²) in [5.74, 6) is -0.844. The van der Waals surface area contributed by atoms with E-state index in [1.54, 1.807) is 24.3 Å². The Morgan fingerprint density at radius 2 is 1.06 bits per heavy atom. The Balaban J connectivity index is 1.20. The Hall–Kier alpha value is -3.10. The van der Waals surface area contributed by atoms with E-state index in [2.05, 4.69) is 9.80 Å². The highest BCUT2D eigenvalue weighted by Crippen LogP contribution is 2.29. The fraction of sp³-hybridized carbons (Fsp3) is 0.417. The van der Waals surface area contributed by atoms with Gasteiger partial charge in [0, 0.05) is 50.4 Å². The highest BCUT2D eigenvalue weighted by atomic mass is 16.2. The Morgan fingerprint density at radius 3 is 1.50 bits per heavy atom. The lowest BCUT2D eigenvalue weighted by atomic mass is 10.0. The molecule has 8 heteroatoms. The Morgan fingerprint density at radius 1 is 0.656 bits per heavy atom. The maximum absolute atomic E-state index is 12.5. The summed E-state index contributed by atoms with van der Waals surface area (Å²) in [6, 6.07) is 6.90. The zero-order valence-electron chi connectivity index (χ0n) is 18.5. The fourth-order valence-corrected chi connectivity index (χ4v) is 4.22. The van der Waals surface area contributed by atoms with E-state index < -0.39 is 0 Å². The van der Waals surface area contributed by atoms with Crippen molar-refractivity contribution < 1.29 is 19.2 Å². The van der Waals surface area contributed by atoms with E-state index >= 15 is 0 Å². The van der Waals surface area contributed by atoms with Gasteiger partial charge in [0.2, 0.25) is 0 Å². The molecule has 1 aromatic rings. The average Bonchev–Trinajstić information content (AvgIpc) is 3.20. The second kappa shape index (κ2) is 9.18. The number of benzene rings is 1. The number of carbonyl (C=O) groups is 4. The Bertz CT molecular complexity index is 962. The fourth-order valence-electron chi connectivity index (χ4n) is 4.22. The third-order valence-electron chi connectivity index (χ3n) is 6.26. The zero-order valence-corrected chi connectivity index (χ0v) is 18.5. The van der Waals surface area contributed by atoms with Gasteiger partial charge in [0.05, 0.1) is 11.1 Å². The number of nitrogens with zero attached hydrogens (tertiary/aromatic N) is 4. The SMILES string of the molecule is CN(CCN(C)CCN1C(=O)c2ccccc2C1=O)CCN1C(=O)C2=CCCC=C2C1=O. The van der Waals surface area contributed by atoms with E-state index in [0.29, 0.717) is 48.5 Å². The number of rotatable bonds is 9. The van der Waals surface area contributed by atoms with Gasteiger partial charge in [-0.15, -0.1) is 0 Å². The first kappa shape index (κ1) is 22.1. The first-order valence-corrected chi connectivity index (χ1v) is 11.0. The standard InChI is InChI=1S/C24H28N4O4/c1-25(13-15-27-21(29)17-7-3-4-8-18(17)22(27)30)11-12-26(2)14-16-28-23(31)19-9-5-6-10-20(19)24(28)32/h3-4,7-10H,5-6,11-16H2,1-2H3. The molecule has 0 atom stereocenters. The summed E-state index contributed by atoms with van der Waals surface area (Å²) in [7, 11) is 3.90. The lowest BCUT2D eigenvalue weighted by Crippen LogP contribution is -2.41. The smallest absolute Gasteiger partial charge is 0.261 e. The molecule has 1 aliphatic carbocycles. The van der Waals surface area contributed by atoms with Gasteiger partial charge in [-0.2, -0.15) is 0 Å². The number of amides is 4. The van der Waals surface area contributed by atoms with Crippen molar-refractivity contribution in [2.45, 2.75) is 12.8 Å². The van der Waals surface area contributed by atoms with Gasteiger partial charge in [-0.3, -0.25) is 29.0 Å². The molecule has 1 saturated heterocycles. The van der Waals surface area contributed by atoms with E-state index in [1.165, 1.54) is 9.80 Å². The molecule has 4 rings (SSSR count). The van der Waals surface area contributed by atoms with Gasteiger partial charge in [0.1, 0.15) is 0 Å². The van der Waals surface area contributed by atoms with Gasteiger partial charge in [-0.25, -0.2) is 0 Å². The quantitative estimate of drug-likeness (QED) is 0.541. The molecule has 2 heterocycles. The van der Waals surface area contributed by atoms with Gasteiger partial charge in [0.25, 0.3) is 23.6 Å². The summed E-state index contributed by atoms with van der Waals surface area (Å²) in [6.07, 6.45) is 5.34. The molecule has 3 aliphatic rings. The van der Waals surface area contributed by atoms with Crippen molar-refractivity contribution in [1.29, 1.82) is 0 Å². The summed E-state index contributed by atoms with van der Waals surface area (Å²) in [5, 5.41) is 0. The molecule has 0 radical (unpaired) electrons. The second-order valence-electron chi connectivity index (χ2n) is 8.49. The van der Waals surface area contributed by atoms with Crippen molar-refractivity contribution in [3.8, 4) is 0 Å². The van der Waals surface area contributed by atoms with Crippen LogP contribution in [-0.4, -0.2) is 96.6 Å². The molecule has 4 amide bonds. The van der Waals surface area contributed by atoms with Crippen LogP contribution >= 0.6 is 0 Å². The number of allylic oxidation sites excluding steroid dienone is 2. The van der Waals surface area contributed by atoms with E-state index in [1.807, 2.05) is 26.2 Å². The van der Waals surface area contributed by atoms with Crippen LogP contribution in [0.1, 0.15) is 33.6 Å². The molecule has 1 fully saturated rings. The first-order valence-electron chi connectivity index (χ1n) is 11.0. The minimum absolute atomic E-state index is 0.188. The molecule has 0 spiro atoms. The number of imide groups is 2. The number of likely N-dealkylation sites (tertiary alicyclic amines) is 1. The number of carbonyl (C=O) groups excluding carboxylic acids is 4. The molecule has 0 saturated carbocycles. The normalized spacial score (nSPS) is 18.0. The van der Waals surface area contributed by atoms with Crippen LogP contribution in [0.5, 0.6) is 0 Å². The van der Waals surface area contributed by atoms with Crippen LogP contribution in [0.2, 0.25) is 0 Å². The van der Waals surface area contributed by atoms with Gasteiger partial charge < -0.3 is 9.80 Å². The van der Waals surface area contributed by atoms with Crippen molar-refractivity contribution in [2.75, 3.05) is 53.4 Å². The summed E-state index contributed by atoms with van der Waals surface area (Å²) >= 11 is 0. The molecule has 0 bridgehead atoms. The zero-order chi connectivity index (χ0) is 22.8. The van der Waals surface area contributed by atoms with Crippen LogP contribution in [0.25, 0.3) is 0 Å². The van der Waals surface area contributed by atoms with Crippen molar-refractivity contribution in [3.05, 3.63) is 58.7 Å². The van der Waals surface area contributed by atoms with Crippen LogP contribution in [0.15, 0.2) is 47.6 Å².